The minimum atomic E-state index is -0.597. The molecule has 0 aromatic heterocycles. The zero-order valence-electron chi connectivity index (χ0n) is 12.3. The molecule has 0 bridgehead atoms. The molecule has 0 spiro atoms. The highest BCUT2D eigenvalue weighted by molar-refractivity contribution is 7.85. The van der Waals surface area contributed by atoms with E-state index >= 15 is 0 Å². The second kappa shape index (κ2) is 8.68. The van der Waals surface area contributed by atoms with Gasteiger partial charge in [-0.1, -0.05) is 13.8 Å². The van der Waals surface area contributed by atoms with Crippen molar-refractivity contribution in [2.45, 2.75) is 45.1 Å². The topological polar surface area (TPSA) is 56.1 Å². The van der Waals surface area contributed by atoms with Gasteiger partial charge in [-0.3, -0.25) is 9.53 Å². The van der Waals surface area contributed by atoms with Crippen molar-refractivity contribution >= 4 is 10.8 Å². The maximum atomic E-state index is 11.3. The van der Waals surface area contributed by atoms with Crippen LogP contribution < -0.4 is 5.32 Å². The van der Waals surface area contributed by atoms with Gasteiger partial charge in [0.15, 0.2) is 0 Å². The van der Waals surface area contributed by atoms with E-state index in [0.29, 0.717) is 0 Å². The third kappa shape index (κ3) is 5.60. The zero-order valence-corrected chi connectivity index (χ0v) is 13.1. The Labute approximate surface area is 120 Å². The van der Waals surface area contributed by atoms with Crippen LogP contribution in [0.5, 0.6) is 0 Å². The van der Waals surface area contributed by atoms with Crippen LogP contribution in [0.1, 0.15) is 39.5 Å². The molecular formula is C14H27N3OS. The molecule has 0 aromatic rings. The molecule has 1 aliphatic heterocycles. The van der Waals surface area contributed by atoms with Gasteiger partial charge in [-0.15, -0.1) is 0 Å². The van der Waals surface area contributed by atoms with Crippen molar-refractivity contribution in [2.24, 2.45) is 0 Å². The molecule has 5 heteroatoms. The molecule has 1 aliphatic rings. The molecule has 0 amide bonds. The van der Waals surface area contributed by atoms with Gasteiger partial charge < -0.3 is 4.90 Å². The standard InChI is InChI=1S/C14H27N3OS/c1-3-7-16-14(4-2,13-15)6-5-8-17-9-11-19(18)12-10-17/h16H,3-12H2,1-2H3. The van der Waals surface area contributed by atoms with Gasteiger partial charge in [0.25, 0.3) is 0 Å². The number of nitriles is 1. The zero-order chi connectivity index (χ0) is 14.1. The van der Waals surface area contributed by atoms with Gasteiger partial charge in [-0.05, 0) is 38.8 Å². The second-order valence-corrected chi connectivity index (χ2v) is 6.96. The van der Waals surface area contributed by atoms with Gasteiger partial charge in [-0.2, -0.15) is 5.26 Å². The summed E-state index contributed by atoms with van der Waals surface area (Å²) in [6.07, 6.45) is 3.85. The van der Waals surface area contributed by atoms with Gasteiger partial charge in [0.1, 0.15) is 5.54 Å². The lowest BCUT2D eigenvalue weighted by Gasteiger charge is -2.30. The van der Waals surface area contributed by atoms with E-state index in [1.165, 1.54) is 0 Å². The molecule has 1 fully saturated rings. The van der Waals surface area contributed by atoms with Gasteiger partial charge in [-0.25, -0.2) is 0 Å². The maximum absolute atomic E-state index is 11.3. The quantitative estimate of drug-likeness (QED) is 0.734. The van der Waals surface area contributed by atoms with Crippen LogP contribution in [0, 0.1) is 11.3 Å². The Hall–Kier alpha value is -0.440. The van der Waals surface area contributed by atoms with E-state index in [-0.39, 0.29) is 5.54 Å². The molecule has 0 radical (unpaired) electrons. The number of rotatable bonds is 8. The molecule has 1 unspecified atom stereocenters. The molecule has 1 heterocycles. The van der Waals surface area contributed by atoms with E-state index in [4.69, 9.17) is 0 Å². The van der Waals surface area contributed by atoms with E-state index in [9.17, 15) is 9.47 Å². The predicted molar refractivity (Wildman–Crippen MR) is 80.5 cm³/mol. The lowest BCUT2D eigenvalue weighted by Crippen LogP contribution is -2.45. The van der Waals surface area contributed by atoms with Crippen LogP contribution >= 0.6 is 0 Å². The Morgan fingerprint density at radius 2 is 2.05 bits per heavy atom. The monoisotopic (exact) mass is 285 g/mol. The minimum absolute atomic E-state index is 0.353. The van der Waals surface area contributed by atoms with Gasteiger partial charge >= 0.3 is 0 Å². The summed E-state index contributed by atoms with van der Waals surface area (Å²) in [6.45, 7) is 8.02. The minimum Gasteiger partial charge on any atom is -0.302 e. The first kappa shape index (κ1) is 16.6. The van der Waals surface area contributed by atoms with E-state index in [2.05, 4.69) is 30.1 Å². The average Bonchev–Trinajstić information content (AvgIpc) is 2.45. The number of nitrogens with zero attached hydrogens (tertiary/aromatic N) is 2. The molecule has 0 aliphatic carbocycles. The van der Waals surface area contributed by atoms with Crippen LogP contribution in [0.4, 0.5) is 0 Å². The largest absolute Gasteiger partial charge is 0.302 e. The third-order valence-corrected chi connectivity index (χ3v) is 5.16. The summed E-state index contributed by atoms with van der Waals surface area (Å²) in [5, 5.41) is 12.8. The summed E-state index contributed by atoms with van der Waals surface area (Å²) in [5.41, 5.74) is -0.353. The molecule has 110 valence electrons. The van der Waals surface area contributed by atoms with Crippen LogP contribution in [0.2, 0.25) is 0 Å². The third-order valence-electron chi connectivity index (χ3n) is 3.88. The van der Waals surface area contributed by atoms with Crippen LogP contribution in [-0.2, 0) is 10.8 Å². The molecule has 1 rings (SSSR count). The highest BCUT2D eigenvalue weighted by atomic mass is 32.2. The summed E-state index contributed by atoms with van der Waals surface area (Å²) in [5.74, 6) is 1.62. The molecule has 4 nitrogen and oxygen atoms in total. The normalized spacial score (nSPS) is 20.9. The van der Waals surface area contributed by atoms with Crippen LogP contribution in [0.15, 0.2) is 0 Å². The highest BCUT2D eigenvalue weighted by Gasteiger charge is 2.26. The second-order valence-electron chi connectivity index (χ2n) is 5.27. The molecule has 1 N–H and O–H groups in total. The molecule has 19 heavy (non-hydrogen) atoms. The van der Waals surface area contributed by atoms with E-state index in [1.807, 2.05) is 0 Å². The van der Waals surface area contributed by atoms with Crippen LogP contribution in [-0.4, -0.2) is 52.3 Å². The van der Waals surface area contributed by atoms with Gasteiger partial charge in [0.2, 0.25) is 0 Å². The van der Waals surface area contributed by atoms with Crippen LogP contribution in [0.3, 0.4) is 0 Å². The Morgan fingerprint density at radius 1 is 1.37 bits per heavy atom. The summed E-state index contributed by atoms with van der Waals surface area (Å²) >= 11 is 0. The summed E-state index contributed by atoms with van der Waals surface area (Å²) in [6, 6.07) is 2.47. The number of hydrogen-bond donors (Lipinski definition) is 1. The first-order valence-corrected chi connectivity index (χ1v) is 8.88. The van der Waals surface area contributed by atoms with Crippen molar-refractivity contribution in [3.8, 4) is 6.07 Å². The fraction of sp³-hybridized carbons (Fsp3) is 0.929. The van der Waals surface area contributed by atoms with E-state index in [0.717, 1.165) is 63.4 Å². The van der Waals surface area contributed by atoms with E-state index < -0.39 is 10.8 Å². The van der Waals surface area contributed by atoms with Crippen molar-refractivity contribution < 1.29 is 4.21 Å². The average molecular weight is 285 g/mol. The van der Waals surface area contributed by atoms with Crippen molar-refractivity contribution in [3.05, 3.63) is 0 Å². The predicted octanol–water partition coefficient (Wildman–Crippen LogP) is 1.50. The van der Waals surface area contributed by atoms with Crippen molar-refractivity contribution in [1.82, 2.24) is 10.2 Å². The molecular weight excluding hydrogens is 258 g/mol. The molecule has 0 aromatic carbocycles. The number of hydrogen-bond acceptors (Lipinski definition) is 4. The van der Waals surface area contributed by atoms with Crippen molar-refractivity contribution in [3.63, 3.8) is 0 Å². The fourth-order valence-corrected chi connectivity index (χ4v) is 3.56. The molecule has 0 saturated carbocycles. The summed E-state index contributed by atoms with van der Waals surface area (Å²) in [4.78, 5) is 2.37. The van der Waals surface area contributed by atoms with Crippen molar-refractivity contribution in [2.75, 3.05) is 37.7 Å². The van der Waals surface area contributed by atoms with Crippen LogP contribution in [0.25, 0.3) is 0 Å². The summed E-state index contributed by atoms with van der Waals surface area (Å²) in [7, 11) is -0.597. The lowest BCUT2D eigenvalue weighted by atomic mass is 9.91. The fourth-order valence-electron chi connectivity index (χ4n) is 2.43. The molecule has 1 saturated heterocycles. The summed E-state index contributed by atoms with van der Waals surface area (Å²) < 4.78 is 11.3. The Bertz CT molecular complexity index is 319. The van der Waals surface area contributed by atoms with Crippen molar-refractivity contribution in [1.29, 1.82) is 5.26 Å². The molecule has 1 atom stereocenters. The Balaban J connectivity index is 2.32. The van der Waals surface area contributed by atoms with E-state index in [1.54, 1.807) is 0 Å². The first-order valence-electron chi connectivity index (χ1n) is 7.39. The van der Waals surface area contributed by atoms with Gasteiger partial charge in [0, 0.05) is 35.4 Å². The number of nitrogens with one attached hydrogen (secondary N) is 1. The Kier molecular flexibility index (Phi) is 7.59. The Morgan fingerprint density at radius 3 is 2.58 bits per heavy atom. The maximum Gasteiger partial charge on any atom is 0.106 e. The first-order chi connectivity index (χ1) is 9.15. The smallest absolute Gasteiger partial charge is 0.106 e. The highest BCUT2D eigenvalue weighted by Crippen LogP contribution is 2.17. The SMILES string of the molecule is CCCNC(C#N)(CC)CCCN1CCS(=O)CC1. The van der Waals surface area contributed by atoms with Gasteiger partial charge in [0.05, 0.1) is 6.07 Å². The lowest BCUT2D eigenvalue weighted by molar-refractivity contribution is 0.271.